The van der Waals surface area contributed by atoms with Gasteiger partial charge in [0.25, 0.3) is 0 Å². The fourth-order valence-electron chi connectivity index (χ4n) is 0.967. The molecule has 0 unspecified atom stereocenters. The Labute approximate surface area is 83.7 Å². The van der Waals surface area contributed by atoms with Gasteiger partial charge in [-0.25, -0.2) is 0 Å². The highest BCUT2D eigenvalue weighted by molar-refractivity contribution is 6.17. The molecule has 0 fully saturated rings. The zero-order valence-corrected chi connectivity index (χ0v) is 7.99. The number of halogens is 4. The van der Waals surface area contributed by atoms with Crippen LogP contribution in [0.25, 0.3) is 0 Å². The third-order valence-electron chi connectivity index (χ3n) is 1.51. The van der Waals surface area contributed by atoms with Gasteiger partial charge in [-0.2, -0.15) is 0 Å². The normalized spacial score (nSPS) is 11.5. The van der Waals surface area contributed by atoms with E-state index in [4.69, 9.17) is 11.6 Å². The molecule has 0 bridgehead atoms. The van der Waals surface area contributed by atoms with Gasteiger partial charge in [0.05, 0.1) is 5.88 Å². The van der Waals surface area contributed by atoms with E-state index < -0.39 is 6.36 Å². The summed E-state index contributed by atoms with van der Waals surface area (Å²) in [6.45, 7) is 1.48. The van der Waals surface area contributed by atoms with Crippen molar-refractivity contribution in [1.82, 2.24) is 4.98 Å². The van der Waals surface area contributed by atoms with Crippen LogP contribution in [-0.2, 0) is 5.88 Å². The highest BCUT2D eigenvalue weighted by Gasteiger charge is 2.32. The van der Waals surface area contributed by atoms with Crippen molar-refractivity contribution in [2.45, 2.75) is 19.2 Å². The Balaban J connectivity index is 3.05. The lowest BCUT2D eigenvalue weighted by atomic mass is 10.2. The first-order chi connectivity index (χ1) is 6.44. The van der Waals surface area contributed by atoms with Crippen molar-refractivity contribution in [2.75, 3.05) is 0 Å². The molecule has 0 aliphatic rings. The molecule has 0 radical (unpaired) electrons. The van der Waals surface area contributed by atoms with Crippen LogP contribution < -0.4 is 4.74 Å². The minimum Gasteiger partial charge on any atom is -0.405 e. The van der Waals surface area contributed by atoms with Crippen LogP contribution in [0.2, 0.25) is 0 Å². The summed E-state index contributed by atoms with van der Waals surface area (Å²) in [7, 11) is 0. The van der Waals surface area contributed by atoms with Crippen LogP contribution in [0.15, 0.2) is 12.4 Å². The Hall–Kier alpha value is -0.970. The number of pyridine rings is 1. The van der Waals surface area contributed by atoms with Crippen LogP contribution in [-0.4, -0.2) is 11.3 Å². The van der Waals surface area contributed by atoms with E-state index in [9.17, 15) is 13.2 Å². The van der Waals surface area contributed by atoms with Gasteiger partial charge in [0.2, 0.25) is 0 Å². The topological polar surface area (TPSA) is 22.1 Å². The first-order valence-corrected chi connectivity index (χ1v) is 4.22. The molecule has 0 atom stereocenters. The maximum atomic E-state index is 12.0. The molecule has 0 amide bonds. The SMILES string of the molecule is Cc1cncc(CCl)c1OC(F)(F)F. The predicted octanol–water partition coefficient (Wildman–Crippen LogP) is 3.03. The number of aryl methyl sites for hydroxylation is 1. The highest BCUT2D eigenvalue weighted by atomic mass is 35.5. The van der Waals surface area contributed by atoms with Crippen molar-refractivity contribution in [3.8, 4) is 5.75 Å². The van der Waals surface area contributed by atoms with Crippen molar-refractivity contribution in [2.24, 2.45) is 0 Å². The molecule has 0 aliphatic carbocycles. The number of hydrogen-bond donors (Lipinski definition) is 0. The lowest BCUT2D eigenvalue weighted by Crippen LogP contribution is -2.18. The van der Waals surface area contributed by atoms with E-state index >= 15 is 0 Å². The summed E-state index contributed by atoms with van der Waals surface area (Å²) in [6.07, 6.45) is -2.16. The summed E-state index contributed by atoms with van der Waals surface area (Å²) < 4.78 is 39.7. The molecule has 1 heterocycles. The molecule has 78 valence electrons. The number of aromatic nitrogens is 1. The molecule has 0 N–H and O–H groups in total. The van der Waals surface area contributed by atoms with Gasteiger partial charge in [-0.3, -0.25) is 4.98 Å². The molecule has 0 aromatic carbocycles. The first kappa shape index (κ1) is 11.1. The summed E-state index contributed by atoms with van der Waals surface area (Å²) in [5.74, 6) is -0.331. The van der Waals surface area contributed by atoms with Crippen LogP contribution in [0.4, 0.5) is 13.2 Å². The third-order valence-corrected chi connectivity index (χ3v) is 1.80. The smallest absolute Gasteiger partial charge is 0.405 e. The van der Waals surface area contributed by atoms with Crippen LogP contribution in [0.1, 0.15) is 11.1 Å². The average molecular weight is 226 g/mol. The first-order valence-electron chi connectivity index (χ1n) is 3.69. The lowest BCUT2D eigenvalue weighted by molar-refractivity contribution is -0.275. The fourth-order valence-corrected chi connectivity index (χ4v) is 1.16. The van der Waals surface area contributed by atoms with E-state index in [1.807, 2.05) is 0 Å². The van der Waals surface area contributed by atoms with E-state index in [0.29, 0.717) is 5.56 Å². The van der Waals surface area contributed by atoms with Gasteiger partial charge < -0.3 is 4.74 Å². The lowest BCUT2D eigenvalue weighted by Gasteiger charge is -2.13. The number of alkyl halides is 4. The van der Waals surface area contributed by atoms with Crippen LogP contribution in [0.3, 0.4) is 0 Å². The van der Waals surface area contributed by atoms with E-state index in [1.165, 1.54) is 19.3 Å². The molecule has 1 aromatic rings. The van der Waals surface area contributed by atoms with Gasteiger partial charge in [-0.1, -0.05) is 0 Å². The fraction of sp³-hybridized carbons (Fsp3) is 0.375. The van der Waals surface area contributed by atoms with Gasteiger partial charge in [0.1, 0.15) is 5.75 Å². The molecule has 1 aromatic heterocycles. The Morgan fingerprint density at radius 1 is 1.43 bits per heavy atom. The summed E-state index contributed by atoms with van der Waals surface area (Å²) >= 11 is 5.45. The zero-order chi connectivity index (χ0) is 10.8. The van der Waals surface area contributed by atoms with Gasteiger partial charge in [-0.05, 0) is 6.92 Å². The Morgan fingerprint density at radius 3 is 2.57 bits per heavy atom. The van der Waals surface area contributed by atoms with Crippen molar-refractivity contribution in [3.05, 3.63) is 23.5 Å². The number of hydrogen-bond acceptors (Lipinski definition) is 2. The molecule has 1 rings (SSSR count). The van der Waals surface area contributed by atoms with Gasteiger partial charge in [0.15, 0.2) is 0 Å². The molecule has 2 nitrogen and oxygen atoms in total. The van der Waals surface area contributed by atoms with E-state index in [-0.39, 0.29) is 17.2 Å². The molecule has 6 heteroatoms. The van der Waals surface area contributed by atoms with E-state index in [2.05, 4.69) is 9.72 Å². The molecule has 0 saturated heterocycles. The summed E-state index contributed by atoms with van der Waals surface area (Å²) in [5.41, 5.74) is 0.532. The monoisotopic (exact) mass is 225 g/mol. The van der Waals surface area contributed by atoms with Crippen LogP contribution >= 0.6 is 11.6 Å². The highest BCUT2D eigenvalue weighted by Crippen LogP contribution is 2.29. The maximum Gasteiger partial charge on any atom is 0.573 e. The van der Waals surface area contributed by atoms with Gasteiger partial charge >= 0.3 is 6.36 Å². The number of nitrogens with zero attached hydrogens (tertiary/aromatic N) is 1. The Bertz CT molecular complexity index is 327. The van der Waals surface area contributed by atoms with Crippen molar-refractivity contribution < 1.29 is 17.9 Å². The molecule has 0 spiro atoms. The van der Waals surface area contributed by atoms with Crippen molar-refractivity contribution >= 4 is 11.6 Å². The maximum absolute atomic E-state index is 12.0. The molecule has 0 saturated carbocycles. The van der Waals surface area contributed by atoms with Gasteiger partial charge in [0, 0.05) is 23.5 Å². The van der Waals surface area contributed by atoms with E-state index in [1.54, 1.807) is 0 Å². The summed E-state index contributed by atoms with van der Waals surface area (Å²) in [5, 5.41) is 0. The Morgan fingerprint density at radius 2 is 2.07 bits per heavy atom. The quantitative estimate of drug-likeness (QED) is 0.722. The molecule has 0 aliphatic heterocycles. The molecule has 14 heavy (non-hydrogen) atoms. The minimum atomic E-state index is -4.70. The zero-order valence-electron chi connectivity index (χ0n) is 7.23. The number of ether oxygens (including phenoxy) is 1. The largest absolute Gasteiger partial charge is 0.573 e. The van der Waals surface area contributed by atoms with Crippen molar-refractivity contribution in [3.63, 3.8) is 0 Å². The van der Waals surface area contributed by atoms with Crippen molar-refractivity contribution in [1.29, 1.82) is 0 Å². The second-order valence-electron chi connectivity index (χ2n) is 2.63. The van der Waals surface area contributed by atoms with E-state index in [0.717, 1.165) is 0 Å². The third kappa shape index (κ3) is 2.77. The summed E-state index contributed by atoms with van der Waals surface area (Å²) in [6, 6.07) is 0. The molecular formula is C8H7ClF3NO. The second-order valence-corrected chi connectivity index (χ2v) is 2.89. The van der Waals surface area contributed by atoms with Crippen LogP contribution in [0, 0.1) is 6.92 Å². The standard InChI is InChI=1S/C8H7ClF3NO/c1-5-3-13-4-6(2-9)7(5)14-8(10,11)12/h3-4H,2H2,1H3. The Kier molecular flexibility index (Phi) is 3.21. The second kappa shape index (κ2) is 4.04. The van der Waals surface area contributed by atoms with Gasteiger partial charge in [-0.15, -0.1) is 24.8 Å². The minimum absolute atomic E-state index is 0.0694. The van der Waals surface area contributed by atoms with Crippen LogP contribution in [0.5, 0.6) is 5.75 Å². The average Bonchev–Trinajstić information content (AvgIpc) is 2.06. The number of rotatable bonds is 2. The predicted molar refractivity (Wildman–Crippen MR) is 45.2 cm³/mol. The summed E-state index contributed by atoms with van der Waals surface area (Å²) in [4.78, 5) is 3.71. The molecular weight excluding hydrogens is 219 g/mol.